The zero-order chi connectivity index (χ0) is 21.3. The molecule has 25 heavy (non-hydrogen) atoms. The van der Waals surface area contributed by atoms with Crippen molar-refractivity contribution in [1.29, 1.82) is 0 Å². The largest absolute Gasteiger partial charge is 0.120 e. The number of terminal acetylenes is 1. The van der Waals surface area contributed by atoms with Gasteiger partial charge >= 0.3 is 0 Å². The first-order valence-electron chi connectivity index (χ1n) is 10.4. The summed E-state index contributed by atoms with van der Waals surface area (Å²) in [7, 11) is 0. The molecule has 0 heterocycles. The minimum atomic E-state index is 0.898. The fourth-order valence-electron chi connectivity index (χ4n) is 1.76. The van der Waals surface area contributed by atoms with E-state index in [1.807, 2.05) is 41.5 Å². The van der Waals surface area contributed by atoms with E-state index in [0.717, 1.165) is 12.3 Å². The molecule has 150 valence electrons. The molecule has 0 fully saturated rings. The minimum absolute atomic E-state index is 0.898. The molecule has 0 aliphatic rings. The summed E-state index contributed by atoms with van der Waals surface area (Å²) in [6, 6.07) is 6.61. The molecule has 0 bridgehead atoms. The lowest BCUT2D eigenvalue weighted by molar-refractivity contribution is 0.576. The van der Waals surface area contributed by atoms with Crippen molar-refractivity contribution in [3.8, 4) is 12.3 Å². The van der Waals surface area contributed by atoms with Gasteiger partial charge in [-0.2, -0.15) is 0 Å². The van der Waals surface area contributed by atoms with Crippen LogP contribution < -0.4 is 0 Å². The molecule has 0 unspecified atom stereocenters. The van der Waals surface area contributed by atoms with Crippen molar-refractivity contribution in [3.63, 3.8) is 0 Å². The fourth-order valence-corrected chi connectivity index (χ4v) is 1.76. The van der Waals surface area contributed by atoms with E-state index >= 15 is 0 Å². The summed E-state index contributed by atoms with van der Waals surface area (Å²) in [6.45, 7) is 26.9. The highest BCUT2D eigenvalue weighted by molar-refractivity contribution is 5.30. The Kier molecular flexibility index (Phi) is 47.8. The molecule has 1 rings (SSSR count). The topological polar surface area (TPSA) is 0 Å². The highest BCUT2D eigenvalue weighted by Crippen LogP contribution is 2.10. The van der Waals surface area contributed by atoms with Gasteiger partial charge in [-0.05, 0) is 44.2 Å². The van der Waals surface area contributed by atoms with Crippen molar-refractivity contribution >= 4 is 0 Å². The van der Waals surface area contributed by atoms with E-state index in [0.29, 0.717) is 0 Å². The van der Waals surface area contributed by atoms with Crippen LogP contribution >= 0.6 is 0 Å². The van der Waals surface area contributed by atoms with E-state index < -0.39 is 0 Å². The van der Waals surface area contributed by atoms with Gasteiger partial charge in [0.15, 0.2) is 0 Å². The van der Waals surface area contributed by atoms with Gasteiger partial charge in [-0.15, -0.1) is 12.3 Å². The van der Waals surface area contributed by atoms with Crippen LogP contribution in [0.1, 0.15) is 106 Å². The lowest BCUT2D eigenvalue weighted by Crippen LogP contribution is -1.86. The molecule has 0 saturated carbocycles. The van der Waals surface area contributed by atoms with E-state index in [4.69, 9.17) is 0 Å². The van der Waals surface area contributed by atoms with Crippen LogP contribution in [0.25, 0.3) is 0 Å². The van der Waals surface area contributed by atoms with Crippen LogP contribution in [0, 0.1) is 32.1 Å². The summed E-state index contributed by atoms with van der Waals surface area (Å²) in [5.41, 5.74) is 4.25. The molecule has 0 nitrogen and oxygen atoms in total. The van der Waals surface area contributed by atoms with Gasteiger partial charge in [-0.25, -0.2) is 0 Å². The van der Waals surface area contributed by atoms with Gasteiger partial charge in [0.05, 0.1) is 0 Å². The maximum atomic E-state index is 4.60. The summed E-state index contributed by atoms with van der Waals surface area (Å²) in [4.78, 5) is 0. The highest BCUT2D eigenvalue weighted by Gasteiger charge is 1.93. The lowest BCUT2D eigenvalue weighted by Gasteiger charge is -2.02. The average Bonchev–Trinajstić information content (AvgIpc) is 2.63. The lowest BCUT2D eigenvalue weighted by atomic mass is 10.0. The van der Waals surface area contributed by atoms with Crippen LogP contribution in [-0.2, 0) is 6.42 Å². The van der Waals surface area contributed by atoms with E-state index in [1.54, 1.807) is 6.92 Å². The van der Waals surface area contributed by atoms with Gasteiger partial charge in [-0.3, -0.25) is 0 Å². The molecule has 0 aromatic heterocycles. The molecule has 0 spiro atoms. The Labute approximate surface area is 162 Å². The zero-order valence-electron chi connectivity index (χ0n) is 20.0. The van der Waals surface area contributed by atoms with Crippen molar-refractivity contribution in [2.45, 2.75) is 109 Å². The first-order chi connectivity index (χ1) is 11.9. The Morgan fingerprint density at radius 3 is 1.52 bits per heavy atom. The maximum absolute atomic E-state index is 4.60. The highest BCUT2D eigenvalue weighted by atomic mass is 14.0. The summed E-state index contributed by atoms with van der Waals surface area (Å²) in [5, 5.41) is 0. The zero-order valence-corrected chi connectivity index (χ0v) is 20.0. The van der Waals surface area contributed by atoms with Crippen LogP contribution in [0.2, 0.25) is 0 Å². The van der Waals surface area contributed by atoms with Crippen molar-refractivity contribution in [2.75, 3.05) is 0 Å². The van der Waals surface area contributed by atoms with Gasteiger partial charge in [0.2, 0.25) is 0 Å². The normalized spacial score (nSPS) is 7.40. The first-order valence-corrected chi connectivity index (χ1v) is 10.4. The molecule has 0 atom stereocenters. The smallest absolute Gasteiger partial charge is 0.00297 e. The predicted molar refractivity (Wildman–Crippen MR) is 124 cm³/mol. The Balaban J connectivity index is -0.0000000767. The number of hydrogen-bond acceptors (Lipinski definition) is 0. The van der Waals surface area contributed by atoms with Gasteiger partial charge in [0, 0.05) is 0 Å². The van der Waals surface area contributed by atoms with Gasteiger partial charge in [-0.1, -0.05) is 106 Å². The van der Waals surface area contributed by atoms with Gasteiger partial charge in [0.1, 0.15) is 0 Å². The first kappa shape index (κ1) is 35.0. The van der Waals surface area contributed by atoms with Gasteiger partial charge < -0.3 is 0 Å². The van der Waals surface area contributed by atoms with E-state index in [2.05, 4.69) is 72.1 Å². The van der Waals surface area contributed by atoms with Gasteiger partial charge in [0.25, 0.3) is 0 Å². The van der Waals surface area contributed by atoms with Crippen molar-refractivity contribution in [1.82, 2.24) is 0 Å². The molecule has 0 amide bonds. The molecule has 0 radical (unpaired) electrons. The van der Waals surface area contributed by atoms with Crippen LogP contribution in [0.3, 0.4) is 0 Å². The van der Waals surface area contributed by atoms with E-state index in [-0.39, 0.29) is 0 Å². The molecule has 0 heteroatoms. The molecular weight excluding hydrogens is 300 g/mol. The Morgan fingerprint density at radius 2 is 1.32 bits per heavy atom. The molecule has 1 aromatic rings. The molecule has 0 aliphatic heterocycles. The third kappa shape index (κ3) is 34.9. The second kappa shape index (κ2) is 34.2. The molecule has 0 N–H and O–H groups in total. The SMILES string of the molecule is C#CC.CC.CC.CC.CCCC(C)C.CCc1cc(C)ccc1C. The number of rotatable bonds is 3. The van der Waals surface area contributed by atoms with Crippen LogP contribution in [0.15, 0.2) is 18.2 Å². The fraction of sp³-hybridized carbons (Fsp3) is 0.680. The Morgan fingerprint density at radius 1 is 0.920 bits per heavy atom. The van der Waals surface area contributed by atoms with Crippen LogP contribution in [-0.4, -0.2) is 0 Å². The monoisotopic (exact) mass is 350 g/mol. The van der Waals surface area contributed by atoms with Crippen molar-refractivity contribution in [2.24, 2.45) is 5.92 Å². The second-order valence-electron chi connectivity index (χ2n) is 5.25. The quantitative estimate of drug-likeness (QED) is 0.477. The Hall–Kier alpha value is -1.22. The Bertz CT molecular complexity index is 353. The molecule has 0 saturated heterocycles. The van der Waals surface area contributed by atoms with Crippen molar-refractivity contribution in [3.05, 3.63) is 34.9 Å². The summed E-state index contributed by atoms with van der Waals surface area (Å²) < 4.78 is 0. The average molecular weight is 351 g/mol. The summed E-state index contributed by atoms with van der Waals surface area (Å²) in [5.74, 6) is 3.15. The minimum Gasteiger partial charge on any atom is -0.120 e. The van der Waals surface area contributed by atoms with Crippen LogP contribution in [0.5, 0.6) is 0 Å². The van der Waals surface area contributed by atoms with E-state index in [1.165, 1.54) is 29.5 Å². The standard InChI is InChI=1S/C10H14.C6H14.C3H4.3C2H6/c1-4-10-7-8(2)5-6-9(10)3;1-4-5-6(2)3;1-3-2;3*1-2/h5-7H,4H2,1-3H3;6H,4-5H2,1-3H3;1H,2H3;3*1-2H3. The number of aryl methyl sites for hydroxylation is 3. The predicted octanol–water partition coefficient (Wildman–Crippen LogP) is 9.03. The summed E-state index contributed by atoms with van der Waals surface area (Å²) in [6.07, 6.45) is 8.45. The third-order valence-corrected chi connectivity index (χ3v) is 2.75. The van der Waals surface area contributed by atoms with E-state index in [9.17, 15) is 0 Å². The van der Waals surface area contributed by atoms with Crippen molar-refractivity contribution < 1.29 is 0 Å². The molecular formula is C25H50. The second-order valence-corrected chi connectivity index (χ2v) is 5.25. The number of benzene rings is 1. The summed E-state index contributed by atoms with van der Waals surface area (Å²) >= 11 is 0. The number of hydrogen-bond donors (Lipinski definition) is 0. The third-order valence-electron chi connectivity index (χ3n) is 2.75. The molecule has 0 aliphatic carbocycles. The molecule has 1 aromatic carbocycles. The van der Waals surface area contributed by atoms with Crippen LogP contribution in [0.4, 0.5) is 0 Å². The maximum Gasteiger partial charge on any atom is -0.00297 e.